The zero-order valence-corrected chi connectivity index (χ0v) is 12.3. The van der Waals surface area contributed by atoms with E-state index < -0.39 is 17.3 Å². The van der Waals surface area contributed by atoms with E-state index in [2.05, 4.69) is 15.9 Å². The molecule has 0 spiro atoms. The second-order valence-corrected chi connectivity index (χ2v) is 6.09. The summed E-state index contributed by atoms with van der Waals surface area (Å²) in [5.74, 6) is -1.95. The van der Waals surface area contributed by atoms with Crippen molar-refractivity contribution in [2.75, 3.05) is 0 Å². The van der Waals surface area contributed by atoms with Crippen LogP contribution in [0.4, 0.5) is 4.39 Å². The van der Waals surface area contributed by atoms with E-state index >= 15 is 0 Å². The fourth-order valence-electron chi connectivity index (χ4n) is 1.27. The lowest BCUT2D eigenvalue weighted by Crippen LogP contribution is -2.02. The number of hydrogen-bond acceptors (Lipinski definition) is 3. The molecule has 1 N–H and O–H groups in total. The molecule has 0 aliphatic rings. The van der Waals surface area contributed by atoms with Crippen molar-refractivity contribution < 1.29 is 19.1 Å². The molecular formula is C12H12BrFO3S. The van der Waals surface area contributed by atoms with Crippen LogP contribution in [0.3, 0.4) is 0 Å². The van der Waals surface area contributed by atoms with Gasteiger partial charge < -0.3 is 5.11 Å². The second kappa shape index (κ2) is 6.33. The van der Waals surface area contributed by atoms with Crippen LogP contribution in [0.1, 0.15) is 30.6 Å². The van der Waals surface area contributed by atoms with Crippen molar-refractivity contribution in [3.63, 3.8) is 0 Å². The molecule has 0 atom stereocenters. The average molecular weight is 335 g/mol. The Kier molecular flexibility index (Phi) is 5.34. The number of carbonyl (C=O) groups excluding carboxylic acids is 1. The number of halogens is 2. The van der Waals surface area contributed by atoms with Crippen LogP contribution in [0.2, 0.25) is 0 Å². The standard InChI is InChI=1S/C12H12BrFO3S/c1-6(2)3-11(15)18-10-4-7(12(16)17)9(14)5-8(10)13/h4-6H,3H2,1-2H3,(H,16,17). The summed E-state index contributed by atoms with van der Waals surface area (Å²) >= 11 is 4.04. The van der Waals surface area contributed by atoms with Crippen molar-refractivity contribution in [1.29, 1.82) is 0 Å². The van der Waals surface area contributed by atoms with E-state index in [1.54, 1.807) is 0 Å². The number of thioether (sulfide) groups is 1. The molecule has 0 aliphatic heterocycles. The summed E-state index contributed by atoms with van der Waals surface area (Å²) < 4.78 is 13.7. The molecular weight excluding hydrogens is 323 g/mol. The molecule has 1 rings (SSSR count). The summed E-state index contributed by atoms with van der Waals surface area (Å²) in [5.41, 5.74) is -0.432. The van der Waals surface area contributed by atoms with Gasteiger partial charge in [-0.2, -0.15) is 0 Å². The van der Waals surface area contributed by atoms with Gasteiger partial charge in [0.05, 0.1) is 5.56 Å². The molecule has 1 aromatic rings. The summed E-state index contributed by atoms with van der Waals surface area (Å²) in [6, 6.07) is 2.24. The first kappa shape index (κ1) is 15.2. The van der Waals surface area contributed by atoms with Crippen LogP contribution in [-0.2, 0) is 4.79 Å². The molecule has 1 aromatic carbocycles. The molecule has 0 fully saturated rings. The summed E-state index contributed by atoms with van der Waals surface area (Å²) in [5, 5.41) is 8.74. The van der Waals surface area contributed by atoms with E-state index in [4.69, 9.17) is 5.11 Å². The zero-order valence-electron chi connectivity index (χ0n) is 9.87. The zero-order chi connectivity index (χ0) is 13.9. The Morgan fingerprint density at radius 2 is 2.06 bits per heavy atom. The van der Waals surface area contributed by atoms with Gasteiger partial charge in [0.25, 0.3) is 0 Å². The number of carbonyl (C=O) groups is 2. The minimum atomic E-state index is -1.35. The first-order valence-corrected chi connectivity index (χ1v) is 6.85. The molecule has 0 radical (unpaired) electrons. The van der Waals surface area contributed by atoms with Crippen molar-refractivity contribution >= 4 is 38.8 Å². The highest BCUT2D eigenvalue weighted by molar-refractivity contribution is 9.10. The Hall–Kier alpha value is -0.880. The maximum Gasteiger partial charge on any atom is 0.338 e. The highest BCUT2D eigenvalue weighted by Crippen LogP contribution is 2.32. The number of carboxylic acid groups (broad SMARTS) is 1. The minimum Gasteiger partial charge on any atom is -0.478 e. The molecule has 0 aliphatic carbocycles. The Morgan fingerprint density at radius 1 is 1.44 bits per heavy atom. The molecule has 6 heteroatoms. The first-order valence-electron chi connectivity index (χ1n) is 5.24. The van der Waals surface area contributed by atoms with E-state index in [-0.39, 0.29) is 11.0 Å². The number of benzene rings is 1. The molecule has 0 amide bonds. The Bertz CT molecular complexity index is 488. The lowest BCUT2D eigenvalue weighted by atomic mass is 10.2. The smallest absolute Gasteiger partial charge is 0.338 e. The average Bonchev–Trinajstić information content (AvgIpc) is 2.20. The first-order chi connectivity index (χ1) is 8.31. The topological polar surface area (TPSA) is 54.4 Å². The molecule has 98 valence electrons. The van der Waals surface area contributed by atoms with Gasteiger partial charge >= 0.3 is 5.97 Å². The molecule has 0 heterocycles. The molecule has 0 unspecified atom stereocenters. The third-order valence-corrected chi connectivity index (χ3v) is 3.92. The normalized spacial score (nSPS) is 10.7. The van der Waals surface area contributed by atoms with Crippen molar-refractivity contribution in [3.05, 3.63) is 28.0 Å². The Balaban J connectivity index is 2.99. The van der Waals surface area contributed by atoms with Gasteiger partial charge in [-0.25, -0.2) is 9.18 Å². The predicted molar refractivity (Wildman–Crippen MR) is 71.4 cm³/mol. The summed E-state index contributed by atoms with van der Waals surface area (Å²) in [4.78, 5) is 22.9. The predicted octanol–water partition coefficient (Wildman–Crippen LogP) is 3.95. The van der Waals surface area contributed by atoms with Crippen LogP contribution < -0.4 is 0 Å². The van der Waals surface area contributed by atoms with Crippen LogP contribution in [0, 0.1) is 11.7 Å². The Morgan fingerprint density at radius 3 is 2.56 bits per heavy atom. The molecule has 0 aromatic heterocycles. The maximum absolute atomic E-state index is 13.3. The summed E-state index contributed by atoms with van der Waals surface area (Å²) in [7, 11) is 0. The fourth-order valence-corrected chi connectivity index (χ4v) is 2.82. The Labute approximate surface area is 117 Å². The molecule has 0 bridgehead atoms. The van der Waals surface area contributed by atoms with Crippen molar-refractivity contribution in [1.82, 2.24) is 0 Å². The molecule has 18 heavy (non-hydrogen) atoms. The SMILES string of the molecule is CC(C)CC(=O)Sc1cc(C(=O)O)c(F)cc1Br. The van der Waals surface area contributed by atoms with Crippen molar-refractivity contribution in [3.8, 4) is 0 Å². The van der Waals surface area contributed by atoms with Crippen LogP contribution in [0.15, 0.2) is 21.5 Å². The number of carboxylic acids is 1. The number of rotatable bonds is 4. The largest absolute Gasteiger partial charge is 0.478 e. The highest BCUT2D eigenvalue weighted by atomic mass is 79.9. The van der Waals surface area contributed by atoms with Gasteiger partial charge in [-0.15, -0.1) is 0 Å². The van der Waals surface area contributed by atoms with E-state index in [1.165, 1.54) is 6.07 Å². The summed E-state index contributed by atoms with van der Waals surface area (Å²) in [6.07, 6.45) is 0.386. The minimum absolute atomic E-state index is 0.0753. The number of hydrogen-bond donors (Lipinski definition) is 1. The third kappa shape index (κ3) is 4.10. The third-order valence-electron chi connectivity index (χ3n) is 2.05. The van der Waals surface area contributed by atoms with E-state index in [0.717, 1.165) is 17.8 Å². The molecule has 0 saturated heterocycles. The van der Waals surface area contributed by atoms with Gasteiger partial charge in [-0.1, -0.05) is 25.6 Å². The van der Waals surface area contributed by atoms with Crippen LogP contribution in [-0.4, -0.2) is 16.2 Å². The van der Waals surface area contributed by atoms with Crippen LogP contribution >= 0.6 is 27.7 Å². The molecule has 3 nitrogen and oxygen atoms in total. The van der Waals surface area contributed by atoms with Gasteiger partial charge in [0, 0.05) is 15.8 Å². The van der Waals surface area contributed by atoms with Crippen LogP contribution in [0.25, 0.3) is 0 Å². The number of aromatic carboxylic acids is 1. The van der Waals surface area contributed by atoms with Crippen molar-refractivity contribution in [2.45, 2.75) is 25.2 Å². The maximum atomic E-state index is 13.3. The van der Waals surface area contributed by atoms with E-state index in [9.17, 15) is 14.0 Å². The van der Waals surface area contributed by atoms with Gasteiger partial charge in [0.15, 0.2) is 5.12 Å². The van der Waals surface area contributed by atoms with Gasteiger partial charge in [0.1, 0.15) is 5.82 Å². The van der Waals surface area contributed by atoms with Gasteiger partial charge in [-0.05, 0) is 34.0 Å². The van der Waals surface area contributed by atoms with Gasteiger partial charge in [0.2, 0.25) is 0 Å². The van der Waals surface area contributed by atoms with Crippen molar-refractivity contribution in [2.24, 2.45) is 5.92 Å². The lowest BCUT2D eigenvalue weighted by molar-refractivity contribution is -0.111. The highest BCUT2D eigenvalue weighted by Gasteiger charge is 2.16. The summed E-state index contributed by atoms with van der Waals surface area (Å²) in [6.45, 7) is 3.84. The van der Waals surface area contributed by atoms with E-state index in [1.807, 2.05) is 13.8 Å². The van der Waals surface area contributed by atoms with Gasteiger partial charge in [-0.3, -0.25) is 4.79 Å². The monoisotopic (exact) mass is 334 g/mol. The van der Waals surface area contributed by atoms with E-state index in [0.29, 0.717) is 15.8 Å². The quantitative estimate of drug-likeness (QED) is 0.847. The fraction of sp³-hybridized carbons (Fsp3) is 0.333. The van der Waals surface area contributed by atoms with Crippen LogP contribution in [0.5, 0.6) is 0 Å². The second-order valence-electron chi connectivity index (χ2n) is 4.14. The lowest BCUT2D eigenvalue weighted by Gasteiger charge is -2.07. The molecule has 0 saturated carbocycles.